The second-order valence-corrected chi connectivity index (χ2v) is 3.97. The van der Waals surface area contributed by atoms with Crippen LogP contribution in [0, 0.1) is 10.1 Å². The van der Waals surface area contributed by atoms with Gasteiger partial charge >= 0.3 is 5.69 Å². The zero-order valence-electron chi connectivity index (χ0n) is 10.6. The molecule has 0 unspecified atom stereocenters. The van der Waals surface area contributed by atoms with Crippen molar-refractivity contribution >= 4 is 17.3 Å². The van der Waals surface area contributed by atoms with Crippen LogP contribution < -0.4 is 5.32 Å². The first-order chi connectivity index (χ1) is 9.52. The summed E-state index contributed by atoms with van der Waals surface area (Å²) in [5.41, 5.74) is -0.229. The number of aromatic hydroxyl groups is 1. The number of hydrogen-bond acceptors (Lipinski definition) is 5. The summed E-state index contributed by atoms with van der Waals surface area (Å²) in [5, 5.41) is 26.9. The molecule has 8 nitrogen and oxygen atoms in total. The number of hydrogen-bond donors (Lipinski definition) is 2. The summed E-state index contributed by atoms with van der Waals surface area (Å²) in [7, 11) is 0. The van der Waals surface area contributed by atoms with Gasteiger partial charge < -0.3 is 10.4 Å². The molecule has 0 atom stereocenters. The number of nitrogens with zero attached hydrogens (tertiary/aromatic N) is 3. The highest BCUT2D eigenvalue weighted by atomic mass is 16.6. The molecule has 1 aromatic heterocycles. The van der Waals surface area contributed by atoms with Crippen molar-refractivity contribution in [3.63, 3.8) is 0 Å². The molecule has 0 radical (unpaired) electrons. The number of para-hydroxylation sites is 1. The van der Waals surface area contributed by atoms with E-state index in [9.17, 15) is 20.0 Å². The lowest BCUT2D eigenvalue weighted by molar-refractivity contribution is -0.385. The van der Waals surface area contributed by atoms with Crippen LogP contribution in [-0.4, -0.2) is 25.7 Å². The summed E-state index contributed by atoms with van der Waals surface area (Å²) in [6.07, 6.45) is 3.07. The smallest absolute Gasteiger partial charge is 0.311 e. The van der Waals surface area contributed by atoms with Crippen LogP contribution in [0.15, 0.2) is 30.6 Å². The van der Waals surface area contributed by atoms with Crippen molar-refractivity contribution in [2.75, 3.05) is 5.32 Å². The molecule has 1 amide bonds. The molecule has 2 N–H and O–H groups in total. The molecule has 0 saturated carbocycles. The Morgan fingerprint density at radius 3 is 2.90 bits per heavy atom. The average Bonchev–Trinajstić information content (AvgIpc) is 2.86. The summed E-state index contributed by atoms with van der Waals surface area (Å²) in [5.74, 6) is -1.29. The number of anilines is 1. The fraction of sp³-hybridized carbons (Fsp3) is 0.167. The third kappa shape index (κ3) is 2.58. The lowest BCUT2D eigenvalue weighted by Crippen LogP contribution is -2.12. The standard InChI is InChI=1S/C12H12N4O4/c1-2-15-7-8(6-13-15)14-12(18)9-4-3-5-10(11(9)17)16(19)20/h3-7,17H,2H2,1H3,(H,14,18). The highest BCUT2D eigenvalue weighted by Crippen LogP contribution is 2.29. The Labute approximate surface area is 113 Å². The van der Waals surface area contributed by atoms with Gasteiger partial charge in [0.2, 0.25) is 5.75 Å². The van der Waals surface area contributed by atoms with Gasteiger partial charge in [-0.2, -0.15) is 5.10 Å². The zero-order chi connectivity index (χ0) is 14.7. The maximum Gasteiger partial charge on any atom is 0.311 e. The number of benzene rings is 1. The van der Waals surface area contributed by atoms with Gasteiger partial charge in [0.1, 0.15) is 0 Å². The van der Waals surface area contributed by atoms with E-state index < -0.39 is 22.3 Å². The normalized spacial score (nSPS) is 10.2. The molecule has 1 aromatic carbocycles. The van der Waals surface area contributed by atoms with Crippen molar-refractivity contribution in [2.24, 2.45) is 0 Å². The Morgan fingerprint density at radius 1 is 1.55 bits per heavy atom. The van der Waals surface area contributed by atoms with Gasteiger partial charge in [0.15, 0.2) is 0 Å². The van der Waals surface area contributed by atoms with Crippen LogP contribution in [0.3, 0.4) is 0 Å². The van der Waals surface area contributed by atoms with Crippen molar-refractivity contribution in [3.8, 4) is 5.75 Å². The SMILES string of the molecule is CCn1cc(NC(=O)c2cccc([N+](=O)[O-])c2O)cn1. The minimum Gasteiger partial charge on any atom is -0.502 e. The number of nitrogens with one attached hydrogen (secondary N) is 1. The van der Waals surface area contributed by atoms with Gasteiger partial charge in [0, 0.05) is 18.8 Å². The van der Waals surface area contributed by atoms with Crippen LogP contribution in [0.1, 0.15) is 17.3 Å². The summed E-state index contributed by atoms with van der Waals surface area (Å²) in [4.78, 5) is 21.9. The first-order valence-corrected chi connectivity index (χ1v) is 5.83. The first kappa shape index (κ1) is 13.5. The number of nitro benzene ring substituents is 1. The number of aryl methyl sites for hydroxylation is 1. The molecule has 0 fully saturated rings. The first-order valence-electron chi connectivity index (χ1n) is 5.83. The van der Waals surface area contributed by atoms with Gasteiger partial charge in [-0.15, -0.1) is 0 Å². The minimum absolute atomic E-state index is 0.163. The van der Waals surface area contributed by atoms with E-state index in [1.807, 2.05) is 6.92 Å². The van der Waals surface area contributed by atoms with E-state index in [2.05, 4.69) is 10.4 Å². The molecule has 20 heavy (non-hydrogen) atoms. The van der Waals surface area contributed by atoms with E-state index in [0.717, 1.165) is 6.07 Å². The van der Waals surface area contributed by atoms with E-state index in [4.69, 9.17) is 0 Å². The molecule has 0 spiro atoms. The average molecular weight is 276 g/mol. The maximum absolute atomic E-state index is 12.0. The van der Waals surface area contributed by atoms with Crippen LogP contribution in [0.4, 0.5) is 11.4 Å². The van der Waals surface area contributed by atoms with E-state index in [1.165, 1.54) is 18.3 Å². The van der Waals surface area contributed by atoms with Gasteiger partial charge in [0.05, 0.1) is 22.4 Å². The van der Waals surface area contributed by atoms with Gasteiger partial charge in [-0.1, -0.05) is 6.07 Å². The third-order valence-electron chi connectivity index (χ3n) is 2.67. The summed E-state index contributed by atoms with van der Waals surface area (Å²) >= 11 is 0. The fourth-order valence-corrected chi connectivity index (χ4v) is 1.66. The molecule has 104 valence electrons. The predicted octanol–water partition coefficient (Wildman–Crippen LogP) is 1.77. The van der Waals surface area contributed by atoms with E-state index in [-0.39, 0.29) is 5.56 Å². The molecule has 0 aliphatic heterocycles. The highest BCUT2D eigenvalue weighted by molar-refractivity contribution is 6.06. The quantitative estimate of drug-likeness (QED) is 0.653. The maximum atomic E-state index is 12.0. The number of nitro groups is 1. The fourth-order valence-electron chi connectivity index (χ4n) is 1.66. The van der Waals surface area contributed by atoms with Crippen molar-refractivity contribution in [3.05, 3.63) is 46.3 Å². The van der Waals surface area contributed by atoms with Gasteiger partial charge in [-0.3, -0.25) is 19.6 Å². The lowest BCUT2D eigenvalue weighted by atomic mass is 10.1. The zero-order valence-corrected chi connectivity index (χ0v) is 10.6. The number of carbonyl (C=O) groups is 1. The van der Waals surface area contributed by atoms with E-state index in [1.54, 1.807) is 10.9 Å². The second-order valence-electron chi connectivity index (χ2n) is 3.97. The van der Waals surface area contributed by atoms with E-state index >= 15 is 0 Å². The monoisotopic (exact) mass is 276 g/mol. The number of phenols is 1. The van der Waals surface area contributed by atoms with Crippen LogP contribution >= 0.6 is 0 Å². The van der Waals surface area contributed by atoms with Gasteiger partial charge in [0.25, 0.3) is 5.91 Å². The van der Waals surface area contributed by atoms with Crippen LogP contribution in [0.5, 0.6) is 5.75 Å². The number of carbonyl (C=O) groups excluding carboxylic acids is 1. The number of rotatable bonds is 4. The van der Waals surface area contributed by atoms with Crippen molar-refractivity contribution in [2.45, 2.75) is 13.5 Å². The van der Waals surface area contributed by atoms with Gasteiger partial charge in [-0.05, 0) is 13.0 Å². The van der Waals surface area contributed by atoms with E-state index in [0.29, 0.717) is 12.2 Å². The molecule has 0 aliphatic carbocycles. The highest BCUT2D eigenvalue weighted by Gasteiger charge is 2.21. The Kier molecular flexibility index (Phi) is 3.65. The molecule has 0 bridgehead atoms. The van der Waals surface area contributed by atoms with Crippen molar-refractivity contribution < 1.29 is 14.8 Å². The van der Waals surface area contributed by atoms with Crippen LogP contribution in [0.25, 0.3) is 0 Å². The molecule has 8 heteroatoms. The molecule has 0 saturated heterocycles. The summed E-state index contributed by atoms with van der Waals surface area (Å²) in [6.45, 7) is 2.54. The number of amides is 1. The van der Waals surface area contributed by atoms with Crippen molar-refractivity contribution in [1.82, 2.24) is 9.78 Å². The Hall–Kier alpha value is -2.90. The lowest BCUT2D eigenvalue weighted by Gasteiger charge is -2.04. The molecular weight excluding hydrogens is 264 g/mol. The number of phenolic OH excluding ortho intramolecular Hbond substituents is 1. The second kappa shape index (κ2) is 5.39. The Balaban J connectivity index is 2.25. The van der Waals surface area contributed by atoms with Crippen LogP contribution in [-0.2, 0) is 6.54 Å². The Morgan fingerprint density at radius 2 is 2.30 bits per heavy atom. The molecular formula is C12H12N4O4. The van der Waals surface area contributed by atoms with Crippen LogP contribution in [0.2, 0.25) is 0 Å². The predicted molar refractivity (Wildman–Crippen MR) is 70.6 cm³/mol. The molecule has 1 heterocycles. The van der Waals surface area contributed by atoms with Crippen molar-refractivity contribution in [1.29, 1.82) is 0 Å². The topological polar surface area (TPSA) is 110 Å². The number of aromatic nitrogens is 2. The summed E-state index contributed by atoms with van der Waals surface area (Å²) < 4.78 is 1.61. The molecule has 2 aromatic rings. The van der Waals surface area contributed by atoms with Gasteiger partial charge in [-0.25, -0.2) is 0 Å². The third-order valence-corrected chi connectivity index (χ3v) is 2.67. The minimum atomic E-state index is -0.749. The molecule has 2 rings (SSSR count). The Bertz CT molecular complexity index is 665. The molecule has 0 aliphatic rings. The summed E-state index contributed by atoms with van der Waals surface area (Å²) in [6, 6.07) is 3.77. The largest absolute Gasteiger partial charge is 0.502 e.